The second kappa shape index (κ2) is 5.21. The van der Waals surface area contributed by atoms with Gasteiger partial charge in [0.1, 0.15) is 10.7 Å². The molecule has 0 unspecified atom stereocenters. The number of carboxylic acid groups (broad SMARTS) is 1. The van der Waals surface area contributed by atoms with Gasteiger partial charge in [0.15, 0.2) is 0 Å². The highest BCUT2D eigenvalue weighted by Crippen LogP contribution is 2.43. The summed E-state index contributed by atoms with van der Waals surface area (Å²) in [5, 5.41) is 8.82. The molecule has 1 aromatic rings. The van der Waals surface area contributed by atoms with Crippen LogP contribution in [0, 0.1) is 12.3 Å². The van der Waals surface area contributed by atoms with Gasteiger partial charge in [-0.1, -0.05) is 13.3 Å². The molecule has 0 aliphatic heterocycles. The molecular weight excluding hydrogens is 282 g/mol. The van der Waals surface area contributed by atoms with Crippen LogP contribution in [0.3, 0.4) is 0 Å². The molecule has 2 rings (SSSR count). The number of nitrogens with one attached hydrogen (secondary N) is 1. The molecule has 0 atom stereocenters. The molecule has 0 bridgehead atoms. The molecule has 1 aliphatic carbocycles. The van der Waals surface area contributed by atoms with Crippen molar-refractivity contribution in [3.8, 4) is 0 Å². The zero-order chi connectivity index (χ0) is 15.0. The molecule has 1 aliphatic rings. The minimum atomic E-state index is -3.73. The SMILES string of the molecule is CCC1(CNS(=O)(=O)c2cc(C(=O)O)oc2C)CCC1. The first-order chi connectivity index (χ1) is 9.30. The van der Waals surface area contributed by atoms with E-state index in [1.165, 1.54) is 6.92 Å². The molecule has 0 radical (unpaired) electrons. The number of carboxylic acids is 1. The molecular formula is C13H19NO5S. The van der Waals surface area contributed by atoms with Crippen molar-refractivity contribution in [3.63, 3.8) is 0 Å². The number of aromatic carboxylic acids is 1. The van der Waals surface area contributed by atoms with Gasteiger partial charge in [0.25, 0.3) is 0 Å². The third-order valence-electron chi connectivity index (χ3n) is 4.17. The van der Waals surface area contributed by atoms with Crippen LogP contribution in [-0.2, 0) is 10.0 Å². The Balaban J connectivity index is 2.16. The van der Waals surface area contributed by atoms with Crippen LogP contribution >= 0.6 is 0 Å². The average molecular weight is 301 g/mol. The molecule has 1 saturated carbocycles. The van der Waals surface area contributed by atoms with Crippen LogP contribution in [0.15, 0.2) is 15.4 Å². The Bertz CT molecular complexity index is 607. The summed E-state index contributed by atoms with van der Waals surface area (Å²) in [5.41, 5.74) is 0.0559. The summed E-state index contributed by atoms with van der Waals surface area (Å²) in [5.74, 6) is -1.55. The van der Waals surface area contributed by atoms with Crippen LogP contribution in [0.25, 0.3) is 0 Å². The summed E-state index contributed by atoms with van der Waals surface area (Å²) in [7, 11) is -3.73. The molecule has 0 aromatic carbocycles. The number of hydrogen-bond donors (Lipinski definition) is 2. The predicted molar refractivity (Wildman–Crippen MR) is 72.2 cm³/mol. The summed E-state index contributed by atoms with van der Waals surface area (Å²) >= 11 is 0. The smallest absolute Gasteiger partial charge is 0.371 e. The van der Waals surface area contributed by atoms with Gasteiger partial charge < -0.3 is 9.52 Å². The van der Waals surface area contributed by atoms with Crippen molar-refractivity contribution in [1.82, 2.24) is 4.72 Å². The molecule has 1 aromatic heterocycles. The number of carbonyl (C=O) groups is 1. The molecule has 1 heterocycles. The summed E-state index contributed by atoms with van der Waals surface area (Å²) in [4.78, 5) is 10.7. The van der Waals surface area contributed by atoms with Gasteiger partial charge in [0.2, 0.25) is 15.8 Å². The van der Waals surface area contributed by atoms with Gasteiger partial charge in [-0.05, 0) is 31.6 Å². The average Bonchev–Trinajstić information content (AvgIpc) is 2.71. The molecule has 0 amide bonds. The van der Waals surface area contributed by atoms with E-state index >= 15 is 0 Å². The summed E-state index contributed by atoms with van der Waals surface area (Å²) in [6.07, 6.45) is 4.11. The maximum absolute atomic E-state index is 12.2. The highest BCUT2D eigenvalue weighted by Gasteiger charge is 2.36. The Morgan fingerprint density at radius 1 is 1.50 bits per heavy atom. The fourth-order valence-electron chi connectivity index (χ4n) is 2.50. The van der Waals surface area contributed by atoms with Crippen molar-refractivity contribution in [3.05, 3.63) is 17.6 Å². The Morgan fingerprint density at radius 3 is 2.55 bits per heavy atom. The summed E-state index contributed by atoms with van der Waals surface area (Å²) in [6.45, 7) is 3.89. The number of hydrogen-bond acceptors (Lipinski definition) is 4. The quantitative estimate of drug-likeness (QED) is 0.839. The number of rotatable bonds is 6. The molecule has 1 fully saturated rings. The Hall–Kier alpha value is -1.34. The van der Waals surface area contributed by atoms with Crippen LogP contribution in [-0.4, -0.2) is 26.0 Å². The van der Waals surface area contributed by atoms with E-state index in [4.69, 9.17) is 9.52 Å². The van der Waals surface area contributed by atoms with E-state index < -0.39 is 16.0 Å². The highest BCUT2D eigenvalue weighted by atomic mass is 32.2. The third kappa shape index (κ3) is 2.73. The van der Waals surface area contributed by atoms with Crippen molar-refractivity contribution in [2.75, 3.05) is 6.54 Å². The highest BCUT2D eigenvalue weighted by molar-refractivity contribution is 7.89. The topological polar surface area (TPSA) is 96.6 Å². The van der Waals surface area contributed by atoms with E-state index in [0.717, 1.165) is 31.7 Å². The second-order valence-corrected chi connectivity index (χ2v) is 7.10. The van der Waals surface area contributed by atoms with Gasteiger partial charge in [0, 0.05) is 12.6 Å². The Kier molecular flexibility index (Phi) is 3.93. The van der Waals surface area contributed by atoms with Gasteiger partial charge in [-0.2, -0.15) is 0 Å². The third-order valence-corrected chi connectivity index (χ3v) is 5.68. The van der Waals surface area contributed by atoms with E-state index in [1.807, 2.05) is 0 Å². The normalized spacial score (nSPS) is 17.7. The molecule has 20 heavy (non-hydrogen) atoms. The first kappa shape index (κ1) is 15.1. The van der Waals surface area contributed by atoms with Crippen molar-refractivity contribution >= 4 is 16.0 Å². The van der Waals surface area contributed by atoms with Gasteiger partial charge in [0.05, 0.1) is 0 Å². The maximum Gasteiger partial charge on any atom is 0.371 e. The van der Waals surface area contributed by atoms with Gasteiger partial charge in [-0.25, -0.2) is 17.9 Å². The van der Waals surface area contributed by atoms with Gasteiger partial charge >= 0.3 is 5.97 Å². The van der Waals surface area contributed by atoms with Gasteiger partial charge in [-0.3, -0.25) is 0 Å². The van der Waals surface area contributed by atoms with E-state index in [0.29, 0.717) is 6.54 Å². The standard InChI is InChI=1S/C13H19NO5S/c1-3-13(5-4-6-13)8-14-20(17,18)11-7-10(12(15)16)19-9(11)2/h7,14H,3-6,8H2,1-2H3,(H,15,16). The molecule has 0 spiro atoms. The van der Waals surface area contributed by atoms with E-state index in [2.05, 4.69) is 11.6 Å². The lowest BCUT2D eigenvalue weighted by atomic mass is 9.67. The molecule has 0 saturated heterocycles. The summed E-state index contributed by atoms with van der Waals surface area (Å²) in [6, 6.07) is 1.05. The fraction of sp³-hybridized carbons (Fsp3) is 0.615. The monoisotopic (exact) mass is 301 g/mol. The molecule has 6 nitrogen and oxygen atoms in total. The van der Waals surface area contributed by atoms with Crippen molar-refractivity contribution < 1.29 is 22.7 Å². The largest absolute Gasteiger partial charge is 0.475 e. The minimum absolute atomic E-state index is 0.0559. The van der Waals surface area contributed by atoms with Crippen LogP contribution in [0.4, 0.5) is 0 Å². The molecule has 112 valence electrons. The Morgan fingerprint density at radius 2 is 2.15 bits per heavy atom. The fourth-order valence-corrected chi connectivity index (χ4v) is 3.83. The molecule has 2 N–H and O–H groups in total. The van der Waals surface area contributed by atoms with E-state index in [9.17, 15) is 13.2 Å². The Labute approximate surface area is 118 Å². The van der Waals surface area contributed by atoms with Gasteiger partial charge in [-0.15, -0.1) is 0 Å². The van der Waals surface area contributed by atoms with E-state index in [1.54, 1.807) is 0 Å². The van der Waals surface area contributed by atoms with E-state index in [-0.39, 0.29) is 21.8 Å². The summed E-state index contributed by atoms with van der Waals surface area (Å²) < 4.78 is 32.0. The minimum Gasteiger partial charge on any atom is -0.475 e. The first-order valence-electron chi connectivity index (χ1n) is 6.63. The lowest BCUT2D eigenvalue weighted by molar-refractivity contribution is 0.0661. The zero-order valence-corrected chi connectivity index (χ0v) is 12.4. The number of aryl methyl sites for hydroxylation is 1. The van der Waals surface area contributed by atoms with Crippen LogP contribution in [0.5, 0.6) is 0 Å². The lowest BCUT2D eigenvalue weighted by Gasteiger charge is -2.41. The second-order valence-electron chi connectivity index (χ2n) is 5.37. The van der Waals surface area contributed by atoms with Crippen LogP contribution in [0.2, 0.25) is 0 Å². The lowest BCUT2D eigenvalue weighted by Crippen LogP contribution is -2.41. The van der Waals surface area contributed by atoms with Crippen molar-refractivity contribution in [2.45, 2.75) is 44.4 Å². The van der Waals surface area contributed by atoms with Crippen molar-refractivity contribution in [2.24, 2.45) is 5.41 Å². The van der Waals surface area contributed by atoms with Crippen LogP contribution in [0.1, 0.15) is 48.9 Å². The number of furan rings is 1. The number of sulfonamides is 1. The molecule has 7 heteroatoms. The van der Waals surface area contributed by atoms with Crippen LogP contribution < -0.4 is 4.72 Å². The van der Waals surface area contributed by atoms with Crippen molar-refractivity contribution in [1.29, 1.82) is 0 Å². The first-order valence-corrected chi connectivity index (χ1v) is 8.11. The maximum atomic E-state index is 12.2. The zero-order valence-electron chi connectivity index (χ0n) is 11.6. The predicted octanol–water partition coefficient (Wildman–Crippen LogP) is 2.14.